The fourth-order valence-electron chi connectivity index (χ4n) is 1.79. The van der Waals surface area contributed by atoms with Crippen molar-refractivity contribution in [3.63, 3.8) is 0 Å². The van der Waals surface area contributed by atoms with Gasteiger partial charge in [-0.05, 0) is 35.4 Å². The maximum Gasteiger partial charge on any atom is 0.337 e. The summed E-state index contributed by atoms with van der Waals surface area (Å²) in [7, 11) is 0. The largest absolute Gasteiger partial charge is 0.479 e. The van der Waals surface area contributed by atoms with Crippen molar-refractivity contribution in [3.8, 4) is 11.1 Å². The second-order valence-corrected chi connectivity index (χ2v) is 5.01. The molecular weight excluding hydrogens is 306 g/mol. The van der Waals surface area contributed by atoms with Gasteiger partial charge >= 0.3 is 5.97 Å². The maximum atomic E-state index is 14.0. The molecule has 0 bridgehead atoms. The number of benzene rings is 2. The summed E-state index contributed by atoms with van der Waals surface area (Å²) in [5.41, 5.74) is 0.652. The van der Waals surface area contributed by atoms with Crippen LogP contribution in [0.4, 0.5) is 4.39 Å². The Morgan fingerprint density at radius 2 is 1.70 bits per heavy atom. The summed E-state index contributed by atoms with van der Waals surface area (Å²) < 4.78 is 14.0. The Balaban J connectivity index is 2.46. The van der Waals surface area contributed by atoms with Gasteiger partial charge in [0.25, 0.3) is 0 Å². The van der Waals surface area contributed by atoms with Crippen LogP contribution in [0, 0.1) is 5.82 Å². The Morgan fingerprint density at radius 1 is 1.10 bits per heavy atom. The molecule has 0 fully saturated rings. The highest BCUT2D eigenvalue weighted by molar-refractivity contribution is 6.35. The van der Waals surface area contributed by atoms with E-state index in [4.69, 9.17) is 28.3 Å². The molecule has 0 saturated heterocycles. The fourth-order valence-corrected chi connectivity index (χ4v) is 2.31. The number of halogens is 3. The molecule has 0 aliphatic heterocycles. The highest BCUT2D eigenvalue weighted by atomic mass is 35.5. The molecule has 20 heavy (non-hydrogen) atoms. The third-order valence-corrected chi connectivity index (χ3v) is 3.15. The fraction of sp³-hybridized carbons (Fsp3) is 0.0714. The number of carboxylic acids is 1. The number of aliphatic carboxylic acids is 1. The van der Waals surface area contributed by atoms with Crippen LogP contribution in [0.25, 0.3) is 11.1 Å². The van der Waals surface area contributed by atoms with Crippen LogP contribution in [0.1, 0.15) is 11.7 Å². The monoisotopic (exact) mass is 314 g/mol. The van der Waals surface area contributed by atoms with Gasteiger partial charge in [0.05, 0.1) is 0 Å². The van der Waals surface area contributed by atoms with Gasteiger partial charge in [0.2, 0.25) is 0 Å². The van der Waals surface area contributed by atoms with Crippen molar-refractivity contribution >= 4 is 29.2 Å². The standard InChI is InChI=1S/C14H9Cl2FO3/c15-9-3-8(4-10(16)6-9)11-2-1-7(5-12(11)17)13(18)14(19)20/h1-6,13,18H,(H,19,20). The summed E-state index contributed by atoms with van der Waals surface area (Å²) >= 11 is 11.7. The lowest BCUT2D eigenvalue weighted by Crippen LogP contribution is -2.10. The number of carbonyl (C=O) groups is 1. The molecule has 0 saturated carbocycles. The van der Waals surface area contributed by atoms with Gasteiger partial charge in [-0.25, -0.2) is 9.18 Å². The van der Waals surface area contributed by atoms with Gasteiger partial charge in [0.1, 0.15) is 5.82 Å². The van der Waals surface area contributed by atoms with Crippen molar-refractivity contribution in [2.45, 2.75) is 6.10 Å². The van der Waals surface area contributed by atoms with E-state index in [2.05, 4.69) is 0 Å². The Bertz CT molecular complexity index is 653. The third kappa shape index (κ3) is 3.10. The van der Waals surface area contributed by atoms with Crippen LogP contribution in [-0.4, -0.2) is 16.2 Å². The first-order valence-corrected chi connectivity index (χ1v) is 6.31. The van der Waals surface area contributed by atoms with Crippen LogP contribution < -0.4 is 0 Å². The summed E-state index contributed by atoms with van der Waals surface area (Å²) in [5, 5.41) is 18.8. The molecule has 1 atom stereocenters. The summed E-state index contributed by atoms with van der Waals surface area (Å²) in [6.07, 6.45) is -1.76. The van der Waals surface area contributed by atoms with Gasteiger partial charge < -0.3 is 10.2 Å². The average molecular weight is 315 g/mol. The van der Waals surface area contributed by atoms with Gasteiger partial charge in [-0.2, -0.15) is 0 Å². The maximum absolute atomic E-state index is 14.0. The molecule has 3 nitrogen and oxygen atoms in total. The second kappa shape index (κ2) is 5.79. The minimum Gasteiger partial charge on any atom is -0.479 e. The Hall–Kier alpha value is -1.62. The average Bonchev–Trinajstić information content (AvgIpc) is 2.36. The predicted molar refractivity (Wildman–Crippen MR) is 74.5 cm³/mol. The molecule has 2 aromatic rings. The Labute approximate surface area is 124 Å². The summed E-state index contributed by atoms with van der Waals surface area (Å²) in [6, 6.07) is 8.29. The van der Waals surface area contributed by atoms with Crippen molar-refractivity contribution in [1.82, 2.24) is 0 Å². The van der Waals surface area contributed by atoms with Crippen LogP contribution in [0.5, 0.6) is 0 Å². The number of rotatable bonds is 3. The predicted octanol–water partition coefficient (Wildman–Crippen LogP) is 3.92. The molecule has 2 N–H and O–H groups in total. The molecule has 0 amide bonds. The first-order chi connectivity index (χ1) is 9.38. The topological polar surface area (TPSA) is 57.5 Å². The minimum absolute atomic E-state index is 0.0353. The van der Waals surface area contributed by atoms with Gasteiger partial charge in [-0.1, -0.05) is 35.3 Å². The Morgan fingerprint density at radius 3 is 2.20 bits per heavy atom. The van der Waals surface area contributed by atoms with Gasteiger partial charge in [-0.15, -0.1) is 0 Å². The zero-order valence-electron chi connectivity index (χ0n) is 9.98. The van der Waals surface area contributed by atoms with Gasteiger partial charge in [-0.3, -0.25) is 0 Å². The zero-order valence-corrected chi connectivity index (χ0v) is 11.5. The summed E-state index contributed by atoms with van der Waals surface area (Å²) in [6.45, 7) is 0. The van der Waals surface area contributed by atoms with E-state index in [1.165, 1.54) is 18.2 Å². The van der Waals surface area contributed by atoms with Crippen molar-refractivity contribution in [1.29, 1.82) is 0 Å². The van der Waals surface area contributed by atoms with E-state index < -0.39 is 17.9 Å². The number of aliphatic hydroxyl groups excluding tert-OH is 1. The highest BCUT2D eigenvalue weighted by Gasteiger charge is 2.18. The molecule has 2 aromatic carbocycles. The highest BCUT2D eigenvalue weighted by Crippen LogP contribution is 2.30. The smallest absolute Gasteiger partial charge is 0.337 e. The number of aliphatic hydroxyl groups is 1. The van der Waals surface area contributed by atoms with E-state index in [1.54, 1.807) is 12.1 Å². The Kier molecular flexibility index (Phi) is 4.28. The SMILES string of the molecule is O=C(O)C(O)c1ccc(-c2cc(Cl)cc(Cl)c2)c(F)c1. The molecule has 0 heterocycles. The molecule has 0 radical (unpaired) electrons. The second-order valence-electron chi connectivity index (χ2n) is 4.14. The molecule has 0 aromatic heterocycles. The minimum atomic E-state index is -1.76. The molecular formula is C14H9Cl2FO3. The third-order valence-electron chi connectivity index (χ3n) is 2.72. The van der Waals surface area contributed by atoms with Crippen LogP contribution in [0.2, 0.25) is 10.0 Å². The molecule has 0 aliphatic rings. The number of hydrogen-bond donors (Lipinski definition) is 2. The lowest BCUT2D eigenvalue weighted by atomic mass is 10.0. The molecule has 104 valence electrons. The zero-order chi connectivity index (χ0) is 14.9. The quantitative estimate of drug-likeness (QED) is 0.902. The first kappa shape index (κ1) is 14.8. The normalized spacial score (nSPS) is 12.2. The van der Waals surface area contributed by atoms with E-state index in [9.17, 15) is 14.3 Å². The number of hydrogen-bond acceptors (Lipinski definition) is 2. The van der Waals surface area contributed by atoms with Crippen molar-refractivity contribution in [3.05, 3.63) is 57.8 Å². The lowest BCUT2D eigenvalue weighted by Gasteiger charge is -2.09. The van der Waals surface area contributed by atoms with Crippen LogP contribution >= 0.6 is 23.2 Å². The summed E-state index contributed by atoms with van der Waals surface area (Å²) in [4.78, 5) is 10.6. The van der Waals surface area contributed by atoms with Crippen LogP contribution in [0.3, 0.4) is 0 Å². The molecule has 0 aliphatic carbocycles. The van der Waals surface area contributed by atoms with Crippen LogP contribution in [0.15, 0.2) is 36.4 Å². The molecule has 6 heteroatoms. The van der Waals surface area contributed by atoms with Gasteiger partial charge in [0, 0.05) is 15.6 Å². The van der Waals surface area contributed by atoms with E-state index in [1.807, 2.05) is 0 Å². The van der Waals surface area contributed by atoms with E-state index in [-0.39, 0.29) is 11.1 Å². The van der Waals surface area contributed by atoms with Gasteiger partial charge in [0.15, 0.2) is 6.10 Å². The first-order valence-electron chi connectivity index (χ1n) is 5.55. The van der Waals surface area contributed by atoms with Crippen LogP contribution in [-0.2, 0) is 4.79 Å². The lowest BCUT2D eigenvalue weighted by molar-refractivity contribution is -0.146. The van der Waals surface area contributed by atoms with E-state index in [0.29, 0.717) is 15.6 Å². The van der Waals surface area contributed by atoms with E-state index in [0.717, 1.165) is 6.07 Å². The molecule has 0 spiro atoms. The number of carboxylic acid groups (broad SMARTS) is 1. The van der Waals surface area contributed by atoms with Crippen molar-refractivity contribution < 1.29 is 19.4 Å². The summed E-state index contributed by atoms with van der Waals surface area (Å²) in [5.74, 6) is -2.11. The van der Waals surface area contributed by atoms with Crippen molar-refractivity contribution in [2.24, 2.45) is 0 Å². The molecule has 2 rings (SSSR count). The van der Waals surface area contributed by atoms with Crippen molar-refractivity contribution in [2.75, 3.05) is 0 Å². The molecule has 1 unspecified atom stereocenters. The van der Waals surface area contributed by atoms with E-state index >= 15 is 0 Å².